The van der Waals surface area contributed by atoms with Gasteiger partial charge < -0.3 is 4.84 Å². The molecule has 0 saturated carbocycles. The Morgan fingerprint density at radius 2 is 1.71 bits per heavy atom. The largest absolute Gasteiger partial charge is 0.387 e. The lowest BCUT2D eigenvalue weighted by molar-refractivity contribution is 0.0653. The molecule has 2 unspecified atom stereocenters. The summed E-state index contributed by atoms with van der Waals surface area (Å²) >= 11 is 0. The van der Waals surface area contributed by atoms with Gasteiger partial charge in [0, 0.05) is 17.0 Å². The van der Waals surface area contributed by atoms with Gasteiger partial charge in [-0.25, -0.2) is 0 Å². The molecule has 2 atom stereocenters. The van der Waals surface area contributed by atoms with Gasteiger partial charge in [-0.1, -0.05) is 60.6 Å². The van der Waals surface area contributed by atoms with Crippen molar-refractivity contribution in [3.05, 3.63) is 95.1 Å². The van der Waals surface area contributed by atoms with Crippen LogP contribution in [0.15, 0.2) is 78.0 Å². The number of carbonyl (C=O) groups is 1. The number of nitrogens with zero attached hydrogens (tertiary/aromatic N) is 2. The summed E-state index contributed by atoms with van der Waals surface area (Å²) in [6.07, 6.45) is 0.656. The zero-order valence-electron chi connectivity index (χ0n) is 15.4. The second-order valence-electron chi connectivity index (χ2n) is 6.82. The number of rotatable bonds is 4. The second kappa shape index (κ2) is 7.50. The molecule has 3 aromatic rings. The minimum atomic E-state index is -0.161. The van der Waals surface area contributed by atoms with Crippen molar-refractivity contribution >= 4 is 12.0 Å². The van der Waals surface area contributed by atoms with Gasteiger partial charge in [0.2, 0.25) is 0 Å². The Balaban J connectivity index is 1.75. The predicted octanol–water partition coefficient (Wildman–Crippen LogP) is 5.15. The van der Waals surface area contributed by atoms with Crippen LogP contribution in [0.4, 0.5) is 0 Å². The van der Waals surface area contributed by atoms with Crippen molar-refractivity contribution in [2.24, 2.45) is 11.1 Å². The first-order valence-corrected chi connectivity index (χ1v) is 9.10. The number of aldehydes is 1. The van der Waals surface area contributed by atoms with E-state index in [-0.39, 0.29) is 12.0 Å². The maximum absolute atomic E-state index is 11.5. The third-order valence-corrected chi connectivity index (χ3v) is 5.02. The molecule has 0 aliphatic carbocycles. The van der Waals surface area contributed by atoms with Crippen molar-refractivity contribution in [3.8, 4) is 17.2 Å². The molecule has 0 radical (unpaired) electrons. The van der Waals surface area contributed by atoms with Crippen molar-refractivity contribution < 1.29 is 9.63 Å². The molecule has 1 aliphatic rings. The van der Waals surface area contributed by atoms with Crippen molar-refractivity contribution in [2.45, 2.75) is 13.0 Å². The van der Waals surface area contributed by atoms with Gasteiger partial charge in [-0.15, -0.1) is 0 Å². The van der Waals surface area contributed by atoms with Crippen LogP contribution in [-0.2, 0) is 4.84 Å². The minimum Gasteiger partial charge on any atom is -0.387 e. The first kappa shape index (κ1) is 17.7. The molecule has 28 heavy (non-hydrogen) atoms. The molecule has 0 bridgehead atoms. The number of nitriles is 1. The SMILES string of the molecule is CC1C(c2cc(C=O)cc(-c3ccccc3C#N)c2)=NOC1c1ccccc1. The van der Waals surface area contributed by atoms with Gasteiger partial charge in [0.15, 0.2) is 6.10 Å². The standard InChI is InChI=1S/C24H18N2O2/c1-16-23(26-28-24(16)18-7-3-2-4-8-18)21-12-17(15-27)11-20(13-21)22-10-6-5-9-19(22)14-25/h2-13,15-16,24H,1H3. The zero-order chi connectivity index (χ0) is 19.5. The van der Waals surface area contributed by atoms with Crippen LogP contribution in [0.5, 0.6) is 0 Å². The molecule has 0 aromatic heterocycles. The molecule has 0 amide bonds. The fourth-order valence-corrected chi connectivity index (χ4v) is 3.59. The molecular formula is C24H18N2O2. The molecular weight excluding hydrogens is 348 g/mol. The van der Waals surface area contributed by atoms with E-state index >= 15 is 0 Å². The summed E-state index contributed by atoms with van der Waals surface area (Å²) in [5.41, 5.74) is 5.41. The summed E-state index contributed by atoms with van der Waals surface area (Å²) in [4.78, 5) is 17.3. The van der Waals surface area contributed by atoms with Crippen LogP contribution in [0.1, 0.15) is 40.1 Å². The Morgan fingerprint density at radius 1 is 1.00 bits per heavy atom. The number of carbonyl (C=O) groups excluding carboxylic acids is 1. The van der Waals surface area contributed by atoms with E-state index < -0.39 is 0 Å². The highest BCUT2D eigenvalue weighted by atomic mass is 16.6. The van der Waals surface area contributed by atoms with Gasteiger partial charge in [0.1, 0.15) is 6.29 Å². The topological polar surface area (TPSA) is 62.5 Å². The normalized spacial score (nSPS) is 18.1. The highest BCUT2D eigenvalue weighted by Gasteiger charge is 2.32. The molecule has 1 heterocycles. The average molecular weight is 366 g/mol. The van der Waals surface area contributed by atoms with E-state index in [2.05, 4.69) is 18.1 Å². The second-order valence-corrected chi connectivity index (χ2v) is 6.82. The highest BCUT2D eigenvalue weighted by Crippen LogP contribution is 2.36. The summed E-state index contributed by atoms with van der Waals surface area (Å²) in [7, 11) is 0. The van der Waals surface area contributed by atoms with E-state index in [0.29, 0.717) is 11.1 Å². The van der Waals surface area contributed by atoms with Crippen LogP contribution in [0.25, 0.3) is 11.1 Å². The molecule has 4 heteroatoms. The zero-order valence-corrected chi connectivity index (χ0v) is 15.4. The summed E-state index contributed by atoms with van der Waals surface area (Å²) < 4.78 is 0. The summed E-state index contributed by atoms with van der Waals surface area (Å²) in [5, 5.41) is 13.8. The van der Waals surface area contributed by atoms with E-state index in [1.165, 1.54) is 0 Å². The monoisotopic (exact) mass is 366 g/mol. The van der Waals surface area contributed by atoms with Crippen LogP contribution >= 0.6 is 0 Å². The Bertz CT molecular complexity index is 1100. The lowest BCUT2D eigenvalue weighted by atomic mass is 9.88. The summed E-state index contributed by atoms with van der Waals surface area (Å²) in [5.74, 6) is 0.0309. The fourth-order valence-electron chi connectivity index (χ4n) is 3.59. The van der Waals surface area contributed by atoms with Crippen LogP contribution < -0.4 is 0 Å². The van der Waals surface area contributed by atoms with Crippen LogP contribution in [-0.4, -0.2) is 12.0 Å². The van der Waals surface area contributed by atoms with Gasteiger partial charge in [0.05, 0.1) is 17.3 Å². The van der Waals surface area contributed by atoms with Gasteiger partial charge in [0.25, 0.3) is 0 Å². The van der Waals surface area contributed by atoms with E-state index in [4.69, 9.17) is 4.84 Å². The van der Waals surface area contributed by atoms with Gasteiger partial charge in [-0.2, -0.15) is 5.26 Å². The minimum absolute atomic E-state index is 0.0309. The molecule has 3 aromatic carbocycles. The Hall–Kier alpha value is -3.71. The lowest BCUT2D eigenvalue weighted by Gasteiger charge is -2.15. The molecule has 0 fully saturated rings. The maximum atomic E-state index is 11.5. The molecule has 0 saturated heterocycles. The number of hydrogen-bond donors (Lipinski definition) is 0. The number of benzene rings is 3. The van der Waals surface area contributed by atoms with Gasteiger partial charge in [-0.3, -0.25) is 4.79 Å². The molecule has 0 spiro atoms. The number of hydrogen-bond acceptors (Lipinski definition) is 4. The van der Waals surface area contributed by atoms with Crippen molar-refractivity contribution in [3.63, 3.8) is 0 Å². The van der Waals surface area contributed by atoms with Crippen LogP contribution in [0, 0.1) is 17.2 Å². The van der Waals surface area contributed by atoms with E-state index in [0.717, 1.165) is 34.3 Å². The first-order valence-electron chi connectivity index (χ1n) is 9.10. The quantitative estimate of drug-likeness (QED) is 0.600. The molecule has 4 nitrogen and oxygen atoms in total. The van der Waals surface area contributed by atoms with E-state index in [1.807, 2.05) is 60.7 Å². The van der Waals surface area contributed by atoms with Crippen LogP contribution in [0.3, 0.4) is 0 Å². The van der Waals surface area contributed by atoms with E-state index in [1.54, 1.807) is 12.1 Å². The van der Waals surface area contributed by atoms with Crippen molar-refractivity contribution in [1.29, 1.82) is 5.26 Å². The third kappa shape index (κ3) is 3.19. The lowest BCUT2D eigenvalue weighted by Crippen LogP contribution is -2.15. The van der Waals surface area contributed by atoms with E-state index in [9.17, 15) is 10.1 Å². The third-order valence-electron chi connectivity index (χ3n) is 5.02. The van der Waals surface area contributed by atoms with Crippen molar-refractivity contribution in [2.75, 3.05) is 0 Å². The highest BCUT2D eigenvalue weighted by molar-refractivity contribution is 6.05. The molecule has 136 valence electrons. The molecule has 0 N–H and O–H groups in total. The fraction of sp³-hybridized carbons (Fsp3) is 0.125. The van der Waals surface area contributed by atoms with Crippen molar-refractivity contribution in [1.82, 2.24) is 0 Å². The Morgan fingerprint density at radius 3 is 2.46 bits per heavy atom. The predicted molar refractivity (Wildman–Crippen MR) is 108 cm³/mol. The summed E-state index contributed by atoms with van der Waals surface area (Å²) in [6, 6.07) is 25.1. The molecule has 1 aliphatic heterocycles. The maximum Gasteiger partial charge on any atom is 0.160 e. The first-order chi connectivity index (χ1) is 13.7. The van der Waals surface area contributed by atoms with Crippen LogP contribution in [0.2, 0.25) is 0 Å². The molecule has 4 rings (SSSR count). The smallest absolute Gasteiger partial charge is 0.160 e. The number of oxime groups is 1. The summed E-state index contributed by atoms with van der Waals surface area (Å²) in [6.45, 7) is 2.07. The Kier molecular flexibility index (Phi) is 4.74. The van der Waals surface area contributed by atoms with Gasteiger partial charge in [-0.05, 0) is 41.0 Å². The average Bonchev–Trinajstić information content (AvgIpc) is 3.15. The Labute approximate surface area is 163 Å². The van der Waals surface area contributed by atoms with Gasteiger partial charge >= 0.3 is 0 Å².